The average Bonchev–Trinajstić information content (AvgIpc) is 2.96. The second-order valence-corrected chi connectivity index (χ2v) is 5.02. The van der Waals surface area contributed by atoms with E-state index < -0.39 is 0 Å². The van der Waals surface area contributed by atoms with E-state index in [9.17, 15) is 9.59 Å². The van der Waals surface area contributed by atoms with Crippen LogP contribution in [0.2, 0.25) is 0 Å². The largest absolute Gasteiger partial charge is 0.321 e. The van der Waals surface area contributed by atoms with Gasteiger partial charge in [-0.05, 0) is 11.6 Å². The van der Waals surface area contributed by atoms with Gasteiger partial charge in [0.2, 0.25) is 0 Å². The van der Waals surface area contributed by atoms with E-state index in [1.54, 1.807) is 0 Å². The summed E-state index contributed by atoms with van der Waals surface area (Å²) < 4.78 is 0. The summed E-state index contributed by atoms with van der Waals surface area (Å²) in [6.45, 7) is 0. The van der Waals surface area contributed by atoms with Crippen LogP contribution in [-0.4, -0.2) is 11.7 Å². The summed E-state index contributed by atoms with van der Waals surface area (Å²) in [6, 6.07) is 15.0. The molecule has 1 aliphatic carbocycles. The molecule has 0 unspecified atom stereocenters. The number of carbonyl (C=O) groups is 2. The second-order valence-electron chi connectivity index (χ2n) is 5.02. The Bertz CT molecular complexity index is 802. The Kier molecular flexibility index (Phi) is 2.18. The maximum absolute atomic E-state index is 12.5. The van der Waals surface area contributed by atoms with E-state index in [2.05, 4.69) is 5.32 Å². The van der Waals surface area contributed by atoms with Crippen LogP contribution in [0.1, 0.15) is 21.5 Å². The molecule has 20 heavy (non-hydrogen) atoms. The normalized spacial score (nSPS) is 19.8. The van der Waals surface area contributed by atoms with Gasteiger partial charge in [-0.2, -0.15) is 0 Å². The molecule has 0 saturated heterocycles. The number of Topliss-reactive ketones (excluding diaryl/α,β-unsaturated/α-hetero) is 1. The SMILES string of the molecule is O=C1Nc2ccccc2/C1=C1\Cc2ccccc2C1=O. The fourth-order valence-electron chi connectivity index (χ4n) is 2.95. The number of amides is 1. The number of nitrogens with one attached hydrogen (secondary N) is 1. The number of benzene rings is 2. The summed E-state index contributed by atoms with van der Waals surface area (Å²) >= 11 is 0. The van der Waals surface area contributed by atoms with Gasteiger partial charge >= 0.3 is 0 Å². The number of anilines is 1. The van der Waals surface area contributed by atoms with Crippen molar-refractivity contribution in [3.05, 3.63) is 70.8 Å². The third-order valence-corrected chi connectivity index (χ3v) is 3.88. The molecule has 0 radical (unpaired) electrons. The van der Waals surface area contributed by atoms with Crippen LogP contribution in [0, 0.1) is 0 Å². The fraction of sp³-hybridized carbons (Fsp3) is 0.0588. The van der Waals surface area contributed by atoms with Crippen molar-refractivity contribution in [3.63, 3.8) is 0 Å². The van der Waals surface area contributed by atoms with Gasteiger partial charge in [0.05, 0.1) is 5.57 Å². The molecule has 1 aliphatic heterocycles. The van der Waals surface area contributed by atoms with Crippen LogP contribution in [0.4, 0.5) is 5.69 Å². The minimum atomic E-state index is -0.178. The molecule has 1 N–H and O–H groups in total. The summed E-state index contributed by atoms with van der Waals surface area (Å²) in [5.41, 5.74) is 4.46. The van der Waals surface area contributed by atoms with E-state index in [1.165, 1.54) is 0 Å². The van der Waals surface area contributed by atoms with Gasteiger partial charge in [0.25, 0.3) is 5.91 Å². The third-order valence-electron chi connectivity index (χ3n) is 3.88. The van der Waals surface area contributed by atoms with Crippen molar-refractivity contribution < 1.29 is 9.59 Å². The van der Waals surface area contributed by atoms with Crippen molar-refractivity contribution in [1.29, 1.82) is 0 Å². The van der Waals surface area contributed by atoms with E-state index in [0.717, 1.165) is 16.8 Å². The van der Waals surface area contributed by atoms with E-state index in [4.69, 9.17) is 0 Å². The highest BCUT2D eigenvalue weighted by Gasteiger charge is 2.34. The molecule has 0 bridgehead atoms. The number of fused-ring (bicyclic) bond motifs is 2. The molecule has 3 heteroatoms. The van der Waals surface area contributed by atoms with E-state index in [1.807, 2.05) is 48.5 Å². The number of ketones is 1. The molecule has 2 aromatic carbocycles. The lowest BCUT2D eigenvalue weighted by atomic mass is 9.98. The fourth-order valence-corrected chi connectivity index (χ4v) is 2.95. The van der Waals surface area contributed by atoms with Crippen molar-refractivity contribution in [2.24, 2.45) is 0 Å². The van der Waals surface area contributed by atoms with Crippen LogP contribution >= 0.6 is 0 Å². The minimum absolute atomic E-state index is 0.0255. The number of hydrogen-bond acceptors (Lipinski definition) is 2. The molecular weight excluding hydrogens is 250 g/mol. The van der Waals surface area contributed by atoms with Crippen LogP contribution in [0.25, 0.3) is 5.57 Å². The lowest BCUT2D eigenvalue weighted by Crippen LogP contribution is -2.09. The van der Waals surface area contributed by atoms with E-state index in [0.29, 0.717) is 23.1 Å². The van der Waals surface area contributed by atoms with E-state index >= 15 is 0 Å². The first kappa shape index (κ1) is 11.2. The van der Waals surface area contributed by atoms with Crippen LogP contribution in [0.5, 0.6) is 0 Å². The maximum Gasteiger partial charge on any atom is 0.256 e. The highest BCUT2D eigenvalue weighted by Crippen LogP contribution is 2.38. The van der Waals surface area contributed by atoms with Crippen molar-refractivity contribution >= 4 is 23.0 Å². The summed E-state index contributed by atoms with van der Waals surface area (Å²) in [6.07, 6.45) is 0.534. The van der Waals surface area contributed by atoms with Crippen LogP contribution in [0.15, 0.2) is 54.1 Å². The Labute approximate surface area is 115 Å². The standard InChI is InChI=1S/C17H11NO2/c19-16-11-6-2-1-5-10(11)9-13(16)15-12-7-3-4-8-14(12)18-17(15)20/h1-8H,9H2,(H,18,20)/b15-13-. The Hall–Kier alpha value is -2.68. The minimum Gasteiger partial charge on any atom is -0.321 e. The lowest BCUT2D eigenvalue weighted by molar-refractivity contribution is -0.110. The Morgan fingerprint density at radius 1 is 0.850 bits per heavy atom. The van der Waals surface area contributed by atoms with Gasteiger partial charge in [-0.15, -0.1) is 0 Å². The number of allylic oxidation sites excluding steroid dienone is 1. The summed E-state index contributed by atoms with van der Waals surface area (Å²) in [5, 5.41) is 2.82. The summed E-state index contributed by atoms with van der Waals surface area (Å²) in [5.74, 6) is -0.204. The van der Waals surface area contributed by atoms with Crippen molar-refractivity contribution in [1.82, 2.24) is 0 Å². The number of rotatable bonds is 0. The van der Waals surface area contributed by atoms with Crippen LogP contribution in [0.3, 0.4) is 0 Å². The Morgan fingerprint density at radius 3 is 2.35 bits per heavy atom. The molecule has 96 valence electrons. The van der Waals surface area contributed by atoms with Gasteiger partial charge in [-0.25, -0.2) is 0 Å². The molecule has 0 aromatic heterocycles. The summed E-state index contributed by atoms with van der Waals surface area (Å²) in [7, 11) is 0. The molecule has 3 nitrogen and oxygen atoms in total. The first-order valence-corrected chi connectivity index (χ1v) is 6.52. The molecule has 0 fully saturated rings. The molecule has 2 aliphatic rings. The zero-order valence-corrected chi connectivity index (χ0v) is 10.6. The molecule has 0 saturated carbocycles. The second kappa shape index (κ2) is 3.90. The van der Waals surface area contributed by atoms with E-state index in [-0.39, 0.29) is 11.7 Å². The van der Waals surface area contributed by atoms with Gasteiger partial charge < -0.3 is 5.32 Å². The number of hydrogen-bond donors (Lipinski definition) is 1. The highest BCUT2D eigenvalue weighted by molar-refractivity contribution is 6.37. The Morgan fingerprint density at radius 2 is 1.55 bits per heavy atom. The van der Waals surface area contributed by atoms with Crippen LogP contribution in [-0.2, 0) is 11.2 Å². The van der Waals surface area contributed by atoms with Crippen LogP contribution < -0.4 is 5.32 Å². The smallest absolute Gasteiger partial charge is 0.256 e. The lowest BCUT2D eigenvalue weighted by Gasteiger charge is -2.01. The first-order valence-electron chi connectivity index (χ1n) is 6.52. The molecule has 4 rings (SSSR count). The van der Waals surface area contributed by atoms with Gasteiger partial charge in [-0.1, -0.05) is 42.5 Å². The van der Waals surface area contributed by atoms with Gasteiger partial charge in [0.15, 0.2) is 5.78 Å². The molecule has 2 aromatic rings. The predicted molar refractivity (Wildman–Crippen MR) is 76.5 cm³/mol. The number of carbonyl (C=O) groups excluding carboxylic acids is 2. The molecule has 1 amide bonds. The van der Waals surface area contributed by atoms with Gasteiger partial charge in [0.1, 0.15) is 0 Å². The third kappa shape index (κ3) is 1.40. The molecule has 0 atom stereocenters. The van der Waals surface area contributed by atoms with Crippen molar-refractivity contribution in [2.45, 2.75) is 6.42 Å². The van der Waals surface area contributed by atoms with Gasteiger partial charge in [0, 0.05) is 28.8 Å². The quantitative estimate of drug-likeness (QED) is 0.741. The number of para-hydroxylation sites is 1. The molecule has 1 heterocycles. The predicted octanol–water partition coefficient (Wildman–Crippen LogP) is 2.83. The zero-order valence-electron chi connectivity index (χ0n) is 10.6. The van der Waals surface area contributed by atoms with Crippen molar-refractivity contribution in [3.8, 4) is 0 Å². The molecule has 0 spiro atoms. The first-order chi connectivity index (χ1) is 9.75. The Balaban J connectivity index is 1.94. The molecular formula is C17H11NO2. The highest BCUT2D eigenvalue weighted by atomic mass is 16.2. The average molecular weight is 261 g/mol. The van der Waals surface area contributed by atoms with Crippen molar-refractivity contribution in [2.75, 3.05) is 5.32 Å². The monoisotopic (exact) mass is 261 g/mol. The zero-order chi connectivity index (χ0) is 13.7. The van der Waals surface area contributed by atoms with Gasteiger partial charge in [-0.3, -0.25) is 9.59 Å². The summed E-state index contributed by atoms with van der Waals surface area (Å²) in [4.78, 5) is 24.7. The maximum atomic E-state index is 12.5. The topological polar surface area (TPSA) is 46.2 Å².